The molecule has 1 rings (SSSR count). The fourth-order valence-corrected chi connectivity index (χ4v) is 1.42. The maximum atomic E-state index is 11.4. The number of esters is 1. The molecule has 6 heteroatoms. The monoisotopic (exact) mass is 237 g/mol. The maximum absolute atomic E-state index is 11.4. The van der Waals surface area contributed by atoms with Crippen LogP contribution in [0, 0.1) is 12.3 Å². The highest BCUT2D eigenvalue weighted by molar-refractivity contribution is 7.99. The Morgan fingerprint density at radius 2 is 2.50 bits per heavy atom. The highest BCUT2D eigenvalue weighted by Crippen LogP contribution is 2.16. The third-order valence-electron chi connectivity index (χ3n) is 1.58. The summed E-state index contributed by atoms with van der Waals surface area (Å²) < 4.78 is 4.79. The number of ether oxygens (including phenoxy) is 1. The number of hydrogen-bond acceptors (Lipinski definition) is 6. The summed E-state index contributed by atoms with van der Waals surface area (Å²) in [6.45, 7) is 2.00. The van der Waals surface area contributed by atoms with Gasteiger partial charge in [0.05, 0.1) is 12.4 Å². The van der Waals surface area contributed by atoms with Crippen LogP contribution in [0.1, 0.15) is 17.3 Å². The summed E-state index contributed by atoms with van der Waals surface area (Å²) in [7, 11) is 0. The zero-order valence-electron chi connectivity index (χ0n) is 8.77. The van der Waals surface area contributed by atoms with Gasteiger partial charge in [0, 0.05) is 6.20 Å². The lowest BCUT2D eigenvalue weighted by atomic mass is 10.3. The van der Waals surface area contributed by atoms with Gasteiger partial charge in [-0.25, -0.2) is 14.8 Å². The Kier molecular flexibility index (Phi) is 4.61. The fraction of sp³-hybridized carbons (Fsp3) is 0.300. The van der Waals surface area contributed by atoms with E-state index in [9.17, 15) is 4.79 Å². The van der Waals surface area contributed by atoms with Crippen LogP contribution in [0.3, 0.4) is 0 Å². The number of nitrogens with zero attached hydrogens (tertiary/aromatic N) is 2. The van der Waals surface area contributed by atoms with Crippen LogP contribution in [0.15, 0.2) is 11.4 Å². The van der Waals surface area contributed by atoms with Gasteiger partial charge in [0.1, 0.15) is 11.4 Å². The summed E-state index contributed by atoms with van der Waals surface area (Å²) in [5, 5.41) is 0.448. The Morgan fingerprint density at radius 1 is 1.75 bits per heavy atom. The smallest absolute Gasteiger partial charge is 0.343 e. The largest absolute Gasteiger partial charge is 0.462 e. The first-order valence-electron chi connectivity index (χ1n) is 4.55. The number of nitrogen functional groups attached to an aromatic ring is 1. The first kappa shape index (κ1) is 12.3. The quantitative estimate of drug-likeness (QED) is 0.364. The van der Waals surface area contributed by atoms with E-state index in [1.54, 1.807) is 6.92 Å². The van der Waals surface area contributed by atoms with Crippen molar-refractivity contribution in [2.24, 2.45) is 0 Å². The van der Waals surface area contributed by atoms with Crippen molar-refractivity contribution in [2.75, 3.05) is 18.1 Å². The van der Waals surface area contributed by atoms with Crippen molar-refractivity contribution < 1.29 is 9.53 Å². The zero-order valence-corrected chi connectivity index (χ0v) is 9.58. The molecule has 0 saturated carbocycles. The van der Waals surface area contributed by atoms with Crippen molar-refractivity contribution in [3.63, 3.8) is 0 Å². The Hall–Kier alpha value is -1.74. The third kappa shape index (κ3) is 3.14. The van der Waals surface area contributed by atoms with Gasteiger partial charge in [-0.3, -0.25) is 0 Å². The Labute approximate surface area is 97.8 Å². The number of thioether (sulfide) groups is 1. The fourth-order valence-electron chi connectivity index (χ4n) is 0.920. The molecule has 0 saturated heterocycles. The third-order valence-corrected chi connectivity index (χ3v) is 2.34. The number of terminal acetylenes is 1. The van der Waals surface area contributed by atoms with Gasteiger partial charge in [-0.2, -0.15) is 0 Å². The van der Waals surface area contributed by atoms with E-state index in [0.29, 0.717) is 10.9 Å². The maximum Gasteiger partial charge on any atom is 0.343 e. The molecule has 0 aromatic carbocycles. The normalized spacial score (nSPS) is 9.50. The second-order valence-corrected chi connectivity index (χ2v) is 3.61. The minimum atomic E-state index is -0.520. The van der Waals surface area contributed by atoms with E-state index in [4.69, 9.17) is 16.9 Å². The standard InChI is InChI=1S/C10H11N3O2S/c1-3-5-16-10-12-6-7(8(11)13-10)9(14)15-4-2/h1,6H,4-5H2,2H3,(H2,11,12,13). The Bertz CT molecular complexity index is 429. The van der Waals surface area contributed by atoms with E-state index in [1.807, 2.05) is 0 Å². The molecule has 0 spiro atoms. The number of anilines is 1. The lowest BCUT2D eigenvalue weighted by Gasteiger charge is -2.04. The van der Waals surface area contributed by atoms with Gasteiger partial charge in [-0.15, -0.1) is 6.42 Å². The molecule has 2 N–H and O–H groups in total. The summed E-state index contributed by atoms with van der Waals surface area (Å²) in [5.41, 5.74) is 5.78. The van der Waals surface area contributed by atoms with Crippen molar-refractivity contribution in [3.8, 4) is 12.3 Å². The molecule has 0 aliphatic heterocycles. The molecule has 0 atom stereocenters. The molecule has 0 radical (unpaired) electrons. The van der Waals surface area contributed by atoms with E-state index < -0.39 is 5.97 Å². The molecule has 1 aromatic rings. The highest BCUT2D eigenvalue weighted by atomic mass is 32.2. The van der Waals surface area contributed by atoms with Crippen LogP contribution in [0.25, 0.3) is 0 Å². The van der Waals surface area contributed by atoms with Gasteiger partial charge in [-0.05, 0) is 6.92 Å². The Balaban J connectivity index is 2.83. The molecular formula is C10H11N3O2S. The SMILES string of the molecule is C#CCSc1ncc(C(=O)OCC)c(N)n1. The summed E-state index contributed by atoms with van der Waals surface area (Å²) in [5.74, 6) is 2.49. The van der Waals surface area contributed by atoms with Gasteiger partial charge in [0.25, 0.3) is 0 Å². The van der Waals surface area contributed by atoms with E-state index in [2.05, 4.69) is 15.9 Å². The number of carbonyl (C=O) groups is 1. The minimum Gasteiger partial charge on any atom is -0.462 e. The second-order valence-electron chi connectivity index (χ2n) is 2.66. The van der Waals surface area contributed by atoms with Crippen LogP contribution < -0.4 is 5.73 Å². The molecular weight excluding hydrogens is 226 g/mol. The molecule has 1 heterocycles. The summed E-state index contributed by atoms with van der Waals surface area (Å²) in [6.07, 6.45) is 6.45. The molecule has 84 valence electrons. The van der Waals surface area contributed by atoms with E-state index in [1.165, 1.54) is 18.0 Å². The minimum absolute atomic E-state index is 0.105. The molecule has 16 heavy (non-hydrogen) atoms. The average Bonchev–Trinajstić information content (AvgIpc) is 2.26. The number of rotatable bonds is 4. The number of carbonyl (C=O) groups excluding carboxylic acids is 1. The van der Waals surface area contributed by atoms with Crippen molar-refractivity contribution in [1.82, 2.24) is 9.97 Å². The molecule has 0 bridgehead atoms. The van der Waals surface area contributed by atoms with E-state index >= 15 is 0 Å². The predicted molar refractivity (Wildman–Crippen MR) is 62.0 cm³/mol. The topological polar surface area (TPSA) is 78.1 Å². The van der Waals surface area contributed by atoms with Crippen LogP contribution in [0.5, 0.6) is 0 Å². The first-order chi connectivity index (χ1) is 7.69. The number of aromatic nitrogens is 2. The van der Waals surface area contributed by atoms with Crippen LogP contribution >= 0.6 is 11.8 Å². The second kappa shape index (κ2) is 5.98. The van der Waals surface area contributed by atoms with Crippen LogP contribution in [0.4, 0.5) is 5.82 Å². The summed E-state index contributed by atoms with van der Waals surface area (Å²) in [6, 6.07) is 0. The first-order valence-corrected chi connectivity index (χ1v) is 5.53. The molecule has 0 amide bonds. The van der Waals surface area contributed by atoms with Crippen molar-refractivity contribution in [3.05, 3.63) is 11.8 Å². The molecule has 0 fully saturated rings. The van der Waals surface area contributed by atoms with Crippen LogP contribution in [-0.2, 0) is 4.74 Å². The molecule has 1 aromatic heterocycles. The van der Waals surface area contributed by atoms with E-state index in [-0.39, 0.29) is 18.0 Å². The lowest BCUT2D eigenvalue weighted by molar-refractivity contribution is 0.0526. The van der Waals surface area contributed by atoms with Crippen LogP contribution in [-0.4, -0.2) is 28.3 Å². The molecule has 0 aliphatic carbocycles. The highest BCUT2D eigenvalue weighted by Gasteiger charge is 2.13. The van der Waals surface area contributed by atoms with Gasteiger partial charge < -0.3 is 10.5 Å². The van der Waals surface area contributed by atoms with Crippen molar-refractivity contribution >= 4 is 23.5 Å². The van der Waals surface area contributed by atoms with Gasteiger partial charge in [0.15, 0.2) is 5.16 Å². The molecule has 0 unspecified atom stereocenters. The summed E-state index contributed by atoms with van der Waals surface area (Å²) in [4.78, 5) is 19.3. The van der Waals surface area contributed by atoms with Gasteiger partial charge in [0.2, 0.25) is 0 Å². The van der Waals surface area contributed by atoms with Crippen molar-refractivity contribution in [1.29, 1.82) is 0 Å². The predicted octanol–water partition coefficient (Wildman–Crippen LogP) is 0.961. The van der Waals surface area contributed by atoms with E-state index in [0.717, 1.165) is 0 Å². The van der Waals surface area contributed by atoms with Crippen molar-refractivity contribution in [2.45, 2.75) is 12.1 Å². The molecule has 5 nitrogen and oxygen atoms in total. The van der Waals surface area contributed by atoms with Gasteiger partial charge in [-0.1, -0.05) is 17.7 Å². The lowest BCUT2D eigenvalue weighted by Crippen LogP contribution is -2.10. The average molecular weight is 237 g/mol. The summed E-state index contributed by atoms with van der Waals surface area (Å²) >= 11 is 1.28. The van der Waals surface area contributed by atoms with Gasteiger partial charge >= 0.3 is 5.97 Å². The van der Waals surface area contributed by atoms with Crippen LogP contribution in [0.2, 0.25) is 0 Å². The molecule has 0 aliphatic rings. The Morgan fingerprint density at radius 3 is 3.06 bits per heavy atom. The zero-order chi connectivity index (χ0) is 12.0. The number of hydrogen-bond donors (Lipinski definition) is 1. The number of nitrogens with two attached hydrogens (primary N) is 1.